The third kappa shape index (κ3) is 6.47. The summed E-state index contributed by atoms with van der Waals surface area (Å²) < 4.78 is 18.3. The number of hydrogen-bond donors (Lipinski definition) is 2. The van der Waals surface area contributed by atoms with Gasteiger partial charge < -0.3 is 24.6 Å². The molecule has 0 fully saturated rings. The number of nitrogens with zero attached hydrogens (tertiary/aromatic N) is 5. The highest BCUT2D eigenvalue weighted by Gasteiger charge is 2.17. The van der Waals surface area contributed by atoms with Gasteiger partial charge in [-0.25, -0.2) is 9.97 Å². The molecule has 226 valence electrons. The third-order valence-electron chi connectivity index (χ3n) is 7.27. The molecular weight excluding hydrogens is 571 g/mol. The summed E-state index contributed by atoms with van der Waals surface area (Å²) in [6.07, 6.45) is 5.14. The van der Waals surface area contributed by atoms with E-state index in [1.54, 1.807) is 56.4 Å². The standard InChI is InChI=1S/C33H31BN6O5/c1-34(42)40-28-10-9-25(16-24(28)20-36-40)37-33-26-17-31(45-13-12-43-2)30(44-3)18-27(26)38-32(39-33)22-7-4-6-21(14-22)15-29(41)23-8-5-11-35-19-23/h4-11,14,16-20,42H,12-13,15H2,1-3H3,(H,37,38,39). The molecule has 0 saturated heterocycles. The minimum atomic E-state index is -0.753. The normalized spacial score (nSPS) is 11.1. The van der Waals surface area contributed by atoms with Gasteiger partial charge in [-0.15, -0.1) is 0 Å². The maximum absolute atomic E-state index is 12.9. The first kappa shape index (κ1) is 29.7. The van der Waals surface area contributed by atoms with Crippen molar-refractivity contribution in [1.82, 2.24) is 24.6 Å². The van der Waals surface area contributed by atoms with Gasteiger partial charge in [0.25, 0.3) is 0 Å². The topological polar surface area (TPSA) is 134 Å². The molecule has 0 atom stereocenters. The first-order chi connectivity index (χ1) is 21.9. The van der Waals surface area contributed by atoms with Crippen molar-refractivity contribution in [3.63, 3.8) is 0 Å². The Morgan fingerprint density at radius 3 is 2.64 bits per heavy atom. The highest BCUT2D eigenvalue weighted by molar-refractivity contribution is 6.47. The van der Waals surface area contributed by atoms with Crippen LogP contribution in [0.3, 0.4) is 0 Å². The molecule has 2 N–H and O–H groups in total. The van der Waals surface area contributed by atoms with Crippen LogP contribution in [0.2, 0.25) is 6.82 Å². The Kier molecular flexibility index (Phi) is 8.67. The minimum absolute atomic E-state index is 0.0259. The second-order valence-electron chi connectivity index (χ2n) is 10.4. The fraction of sp³-hybridized carbons (Fsp3) is 0.182. The maximum Gasteiger partial charge on any atom is 0.431 e. The minimum Gasteiger partial charge on any atom is -0.493 e. The van der Waals surface area contributed by atoms with Gasteiger partial charge in [-0.3, -0.25) is 14.4 Å². The van der Waals surface area contributed by atoms with E-state index in [0.29, 0.717) is 47.4 Å². The van der Waals surface area contributed by atoms with E-state index in [1.807, 2.05) is 54.6 Å². The van der Waals surface area contributed by atoms with Gasteiger partial charge in [0, 0.05) is 59.6 Å². The van der Waals surface area contributed by atoms with E-state index in [-0.39, 0.29) is 12.2 Å². The first-order valence-electron chi connectivity index (χ1n) is 14.4. The lowest BCUT2D eigenvalue weighted by molar-refractivity contribution is 0.0992. The molecule has 0 radical (unpaired) electrons. The van der Waals surface area contributed by atoms with Crippen LogP contribution in [0.4, 0.5) is 11.5 Å². The molecule has 0 amide bonds. The summed E-state index contributed by atoms with van der Waals surface area (Å²) in [5.74, 6) is 2.05. The van der Waals surface area contributed by atoms with E-state index in [4.69, 9.17) is 24.2 Å². The number of Topliss-reactive ketones (excluding diaryl/α,β-unsaturated/α-hetero) is 1. The molecule has 6 aromatic rings. The van der Waals surface area contributed by atoms with E-state index in [2.05, 4.69) is 15.4 Å². The Morgan fingerprint density at radius 1 is 0.978 bits per heavy atom. The van der Waals surface area contributed by atoms with Crippen LogP contribution in [-0.4, -0.2) is 69.9 Å². The number of pyridine rings is 1. The molecule has 12 heteroatoms. The molecule has 6 rings (SSSR count). The summed E-state index contributed by atoms with van der Waals surface area (Å²) in [6, 6.07) is 20.6. The molecule has 11 nitrogen and oxygen atoms in total. The van der Waals surface area contributed by atoms with Gasteiger partial charge >= 0.3 is 7.05 Å². The van der Waals surface area contributed by atoms with Crippen LogP contribution < -0.4 is 14.8 Å². The van der Waals surface area contributed by atoms with E-state index in [1.165, 1.54) is 0 Å². The zero-order valence-electron chi connectivity index (χ0n) is 25.1. The molecule has 0 aliphatic carbocycles. The van der Waals surface area contributed by atoms with Crippen LogP contribution in [0, 0.1) is 0 Å². The summed E-state index contributed by atoms with van der Waals surface area (Å²) in [5.41, 5.74) is 4.36. The number of rotatable bonds is 12. The fourth-order valence-electron chi connectivity index (χ4n) is 5.07. The lowest BCUT2D eigenvalue weighted by Crippen LogP contribution is -2.20. The highest BCUT2D eigenvalue weighted by atomic mass is 16.5. The van der Waals surface area contributed by atoms with Gasteiger partial charge in [0.15, 0.2) is 23.1 Å². The molecule has 0 bridgehead atoms. The van der Waals surface area contributed by atoms with E-state index in [0.717, 1.165) is 33.1 Å². The Morgan fingerprint density at radius 2 is 1.87 bits per heavy atom. The van der Waals surface area contributed by atoms with Crippen molar-refractivity contribution in [2.75, 3.05) is 32.8 Å². The van der Waals surface area contributed by atoms with Gasteiger partial charge in [0.1, 0.15) is 12.4 Å². The smallest absolute Gasteiger partial charge is 0.431 e. The number of benzene rings is 3. The molecule has 3 heterocycles. The number of hydrogen-bond acceptors (Lipinski definition) is 10. The van der Waals surface area contributed by atoms with E-state index >= 15 is 0 Å². The average Bonchev–Trinajstić information content (AvgIpc) is 3.49. The summed E-state index contributed by atoms with van der Waals surface area (Å²) in [7, 11) is 2.44. The second kappa shape index (κ2) is 13.1. The number of anilines is 2. The van der Waals surface area contributed by atoms with Crippen molar-refractivity contribution < 1.29 is 24.0 Å². The number of carbonyl (C=O) groups is 1. The Labute approximate surface area is 260 Å². The lowest BCUT2D eigenvalue weighted by Gasteiger charge is -2.15. The number of methoxy groups -OCH3 is 2. The van der Waals surface area contributed by atoms with E-state index in [9.17, 15) is 9.82 Å². The highest BCUT2D eigenvalue weighted by Crippen LogP contribution is 2.37. The lowest BCUT2D eigenvalue weighted by atomic mass is 9.89. The number of ketones is 1. The third-order valence-corrected chi connectivity index (χ3v) is 7.27. The zero-order valence-corrected chi connectivity index (χ0v) is 25.1. The summed E-state index contributed by atoms with van der Waals surface area (Å²) in [5, 5.41) is 19.4. The zero-order chi connectivity index (χ0) is 31.3. The fourth-order valence-corrected chi connectivity index (χ4v) is 5.07. The monoisotopic (exact) mass is 602 g/mol. The first-order valence-corrected chi connectivity index (χ1v) is 14.4. The van der Waals surface area contributed by atoms with Gasteiger partial charge in [0.2, 0.25) is 0 Å². The summed E-state index contributed by atoms with van der Waals surface area (Å²) in [6.45, 7) is 2.42. The second-order valence-corrected chi connectivity index (χ2v) is 10.4. The van der Waals surface area contributed by atoms with Crippen molar-refractivity contribution in [2.45, 2.75) is 13.2 Å². The van der Waals surface area contributed by atoms with Crippen molar-refractivity contribution in [1.29, 1.82) is 0 Å². The van der Waals surface area contributed by atoms with Gasteiger partial charge in [-0.2, -0.15) is 5.10 Å². The van der Waals surface area contributed by atoms with Crippen LogP contribution in [0.1, 0.15) is 15.9 Å². The predicted octanol–water partition coefficient (Wildman–Crippen LogP) is 5.20. The Balaban J connectivity index is 1.42. The van der Waals surface area contributed by atoms with Crippen LogP contribution >= 0.6 is 0 Å². The van der Waals surface area contributed by atoms with Gasteiger partial charge in [-0.05, 0) is 54.9 Å². The van der Waals surface area contributed by atoms with Gasteiger partial charge in [0.05, 0.1) is 30.9 Å². The number of aromatic nitrogens is 5. The SMILES string of the molecule is COCCOc1cc2c(Nc3ccc4c(cnn4B(C)O)c3)nc(-c3cccc(CC(=O)c4cccnc4)c3)nc2cc1OC. The number of fused-ring (bicyclic) bond motifs is 2. The number of carbonyl (C=O) groups excluding carboxylic acids is 1. The van der Waals surface area contributed by atoms with Crippen LogP contribution in [-0.2, 0) is 11.2 Å². The number of ether oxygens (including phenoxy) is 3. The average molecular weight is 602 g/mol. The number of nitrogens with one attached hydrogen (secondary N) is 1. The maximum atomic E-state index is 12.9. The molecule has 0 aliphatic rings. The molecular formula is C33H31BN6O5. The quantitative estimate of drug-likeness (QED) is 0.109. The molecule has 0 spiro atoms. The van der Waals surface area contributed by atoms with Gasteiger partial charge in [-0.1, -0.05) is 18.2 Å². The molecule has 3 aromatic heterocycles. The molecule has 0 aliphatic heterocycles. The van der Waals surface area contributed by atoms with Crippen LogP contribution in [0.5, 0.6) is 11.5 Å². The summed E-state index contributed by atoms with van der Waals surface area (Å²) >= 11 is 0. The van der Waals surface area contributed by atoms with E-state index < -0.39 is 7.05 Å². The Hall–Kier alpha value is -5.33. The molecule has 0 unspecified atom stereocenters. The van der Waals surface area contributed by atoms with Crippen molar-refractivity contribution >= 4 is 46.1 Å². The molecule has 45 heavy (non-hydrogen) atoms. The van der Waals surface area contributed by atoms with Crippen molar-refractivity contribution in [2.24, 2.45) is 0 Å². The van der Waals surface area contributed by atoms with Crippen molar-refractivity contribution in [3.8, 4) is 22.9 Å². The molecule has 0 saturated carbocycles. The predicted molar refractivity (Wildman–Crippen MR) is 173 cm³/mol. The molecule has 3 aromatic carbocycles. The Bertz CT molecular complexity index is 1980. The van der Waals surface area contributed by atoms with Crippen LogP contribution in [0.15, 0.2) is 85.3 Å². The van der Waals surface area contributed by atoms with Crippen LogP contribution in [0.25, 0.3) is 33.2 Å². The van der Waals surface area contributed by atoms with Crippen molar-refractivity contribution in [3.05, 3.63) is 96.4 Å². The largest absolute Gasteiger partial charge is 0.493 e. The summed E-state index contributed by atoms with van der Waals surface area (Å²) in [4.78, 5) is 26.8.